The summed E-state index contributed by atoms with van der Waals surface area (Å²) in [6, 6.07) is 0.538. The molecular formula is C15H24N4O. The number of hydrogen-bond acceptors (Lipinski definition) is 3. The summed E-state index contributed by atoms with van der Waals surface area (Å²) < 4.78 is 1.80. The zero-order valence-corrected chi connectivity index (χ0v) is 12.1. The lowest BCUT2D eigenvalue weighted by Gasteiger charge is -2.44. The second-order valence-corrected chi connectivity index (χ2v) is 6.10. The maximum absolute atomic E-state index is 12.5. The first kappa shape index (κ1) is 13.6. The van der Waals surface area contributed by atoms with Gasteiger partial charge in [0, 0.05) is 25.6 Å². The quantitative estimate of drug-likeness (QED) is 0.847. The Kier molecular flexibility index (Phi) is 4.33. The van der Waals surface area contributed by atoms with E-state index in [2.05, 4.69) is 15.0 Å². The van der Waals surface area contributed by atoms with Crippen LogP contribution in [0.1, 0.15) is 51.4 Å². The van der Waals surface area contributed by atoms with E-state index in [1.807, 2.05) is 0 Å². The van der Waals surface area contributed by atoms with Crippen LogP contribution in [-0.4, -0.2) is 38.2 Å². The molecule has 1 saturated heterocycles. The fraction of sp³-hybridized carbons (Fsp3) is 0.800. The Morgan fingerprint density at radius 2 is 2.05 bits per heavy atom. The number of aryl methyl sites for hydroxylation is 1. The summed E-state index contributed by atoms with van der Waals surface area (Å²) in [5, 5.41) is 4.07. The van der Waals surface area contributed by atoms with Gasteiger partial charge >= 0.3 is 0 Å². The van der Waals surface area contributed by atoms with Crippen molar-refractivity contribution in [2.75, 3.05) is 6.54 Å². The van der Waals surface area contributed by atoms with Crippen molar-refractivity contribution in [3.8, 4) is 0 Å². The number of carbonyl (C=O) groups is 1. The molecule has 5 nitrogen and oxygen atoms in total. The second kappa shape index (κ2) is 6.37. The molecule has 5 heteroatoms. The van der Waals surface area contributed by atoms with Crippen molar-refractivity contribution < 1.29 is 4.79 Å². The minimum absolute atomic E-state index is 0.349. The second-order valence-electron chi connectivity index (χ2n) is 6.10. The van der Waals surface area contributed by atoms with Crippen LogP contribution in [0.4, 0.5) is 0 Å². The number of rotatable bonds is 4. The van der Waals surface area contributed by atoms with Crippen LogP contribution in [0.2, 0.25) is 0 Å². The Labute approximate surface area is 120 Å². The summed E-state index contributed by atoms with van der Waals surface area (Å²) in [6.45, 7) is 1.76. The molecule has 1 aliphatic heterocycles. The first-order valence-electron chi connectivity index (χ1n) is 7.96. The Balaban J connectivity index is 1.50. The summed E-state index contributed by atoms with van der Waals surface area (Å²) >= 11 is 0. The molecule has 1 aromatic heterocycles. The van der Waals surface area contributed by atoms with Gasteiger partial charge in [0.2, 0.25) is 5.91 Å². The smallest absolute Gasteiger partial charge is 0.222 e. The van der Waals surface area contributed by atoms with E-state index >= 15 is 0 Å². The molecule has 0 bridgehead atoms. The Morgan fingerprint density at radius 1 is 1.20 bits per heavy atom. The fourth-order valence-corrected chi connectivity index (χ4v) is 3.82. The molecular weight excluding hydrogens is 252 g/mol. The number of amides is 1. The van der Waals surface area contributed by atoms with Gasteiger partial charge in [-0.1, -0.05) is 12.8 Å². The normalized spacial score (nSPS) is 26.3. The molecule has 0 aromatic carbocycles. The van der Waals surface area contributed by atoms with Crippen molar-refractivity contribution in [1.82, 2.24) is 19.7 Å². The number of fused-ring (bicyclic) bond motifs is 1. The van der Waals surface area contributed by atoms with Crippen LogP contribution in [-0.2, 0) is 11.3 Å². The molecule has 0 radical (unpaired) electrons. The minimum Gasteiger partial charge on any atom is -0.339 e. The van der Waals surface area contributed by atoms with Gasteiger partial charge in [-0.25, -0.2) is 4.98 Å². The lowest BCUT2D eigenvalue weighted by molar-refractivity contribution is -0.137. The summed E-state index contributed by atoms with van der Waals surface area (Å²) in [6.07, 6.45) is 12.5. The molecule has 2 aliphatic rings. The first-order chi connectivity index (χ1) is 9.84. The van der Waals surface area contributed by atoms with Gasteiger partial charge in [0.1, 0.15) is 12.7 Å². The highest BCUT2D eigenvalue weighted by molar-refractivity contribution is 5.76. The maximum atomic E-state index is 12.5. The summed E-state index contributed by atoms with van der Waals surface area (Å²) in [7, 11) is 0. The summed E-state index contributed by atoms with van der Waals surface area (Å²) in [5.74, 6) is 1.12. The van der Waals surface area contributed by atoms with E-state index in [-0.39, 0.29) is 0 Å². The Bertz CT molecular complexity index is 429. The molecule has 2 fully saturated rings. The van der Waals surface area contributed by atoms with E-state index in [0.29, 0.717) is 18.4 Å². The molecule has 1 saturated carbocycles. The highest BCUT2D eigenvalue weighted by Crippen LogP contribution is 2.35. The zero-order valence-electron chi connectivity index (χ0n) is 12.1. The van der Waals surface area contributed by atoms with Gasteiger partial charge in [0.05, 0.1) is 0 Å². The summed E-state index contributed by atoms with van der Waals surface area (Å²) in [4.78, 5) is 18.6. The first-order valence-corrected chi connectivity index (χ1v) is 7.96. The van der Waals surface area contributed by atoms with Crippen LogP contribution in [0.25, 0.3) is 0 Å². The van der Waals surface area contributed by atoms with E-state index < -0.39 is 0 Å². The molecule has 20 heavy (non-hydrogen) atoms. The van der Waals surface area contributed by atoms with E-state index in [0.717, 1.165) is 25.4 Å². The number of piperidine rings is 1. The SMILES string of the molecule is O=C(CCCn1cncn1)N1CCC[C@@H]2CCCC[C@@H]21. The van der Waals surface area contributed by atoms with Crippen LogP contribution in [0.15, 0.2) is 12.7 Å². The third-order valence-electron chi connectivity index (χ3n) is 4.81. The molecule has 0 spiro atoms. The van der Waals surface area contributed by atoms with Crippen LogP contribution >= 0.6 is 0 Å². The zero-order chi connectivity index (χ0) is 13.8. The largest absolute Gasteiger partial charge is 0.339 e. The molecule has 1 aliphatic carbocycles. The van der Waals surface area contributed by atoms with Crippen LogP contribution < -0.4 is 0 Å². The summed E-state index contributed by atoms with van der Waals surface area (Å²) in [5.41, 5.74) is 0. The molecule has 3 rings (SSSR count). The molecule has 1 amide bonds. The lowest BCUT2D eigenvalue weighted by atomic mass is 9.78. The van der Waals surface area contributed by atoms with Crippen LogP contribution in [0.3, 0.4) is 0 Å². The average molecular weight is 276 g/mol. The van der Waals surface area contributed by atoms with Gasteiger partial charge in [0.25, 0.3) is 0 Å². The number of aromatic nitrogens is 3. The van der Waals surface area contributed by atoms with Crippen molar-refractivity contribution in [2.45, 2.75) is 64.0 Å². The standard InChI is InChI=1S/C15H24N4O/c20-15(8-4-9-18-12-16-11-17-18)19-10-3-6-13-5-1-2-7-14(13)19/h11-14H,1-10H2/t13-,14-/m0/s1. The predicted molar refractivity (Wildman–Crippen MR) is 75.9 cm³/mol. The van der Waals surface area contributed by atoms with E-state index in [9.17, 15) is 4.79 Å². The molecule has 0 N–H and O–H groups in total. The van der Waals surface area contributed by atoms with Gasteiger partial charge < -0.3 is 4.90 Å². The third-order valence-corrected chi connectivity index (χ3v) is 4.81. The van der Waals surface area contributed by atoms with Crippen molar-refractivity contribution in [3.63, 3.8) is 0 Å². The van der Waals surface area contributed by atoms with Crippen molar-refractivity contribution in [1.29, 1.82) is 0 Å². The topological polar surface area (TPSA) is 51.0 Å². The molecule has 2 heterocycles. The fourth-order valence-electron chi connectivity index (χ4n) is 3.82. The van der Waals surface area contributed by atoms with E-state index in [1.54, 1.807) is 17.3 Å². The average Bonchev–Trinajstić information content (AvgIpc) is 3.00. The highest BCUT2D eigenvalue weighted by Gasteiger charge is 2.35. The molecule has 2 atom stereocenters. The number of likely N-dealkylation sites (tertiary alicyclic amines) is 1. The van der Waals surface area contributed by atoms with Crippen LogP contribution in [0, 0.1) is 5.92 Å². The minimum atomic E-state index is 0.349. The lowest BCUT2D eigenvalue weighted by Crippen LogP contribution is -2.49. The molecule has 0 unspecified atom stereocenters. The third kappa shape index (κ3) is 3.02. The monoisotopic (exact) mass is 276 g/mol. The number of carbonyl (C=O) groups excluding carboxylic acids is 1. The van der Waals surface area contributed by atoms with E-state index in [1.165, 1.54) is 38.5 Å². The number of hydrogen-bond donors (Lipinski definition) is 0. The highest BCUT2D eigenvalue weighted by atomic mass is 16.2. The van der Waals surface area contributed by atoms with Gasteiger partial charge in [-0.2, -0.15) is 5.10 Å². The van der Waals surface area contributed by atoms with Crippen LogP contribution in [0.5, 0.6) is 0 Å². The van der Waals surface area contributed by atoms with Gasteiger partial charge in [0.15, 0.2) is 0 Å². The van der Waals surface area contributed by atoms with Crippen molar-refractivity contribution in [3.05, 3.63) is 12.7 Å². The van der Waals surface area contributed by atoms with Crippen molar-refractivity contribution >= 4 is 5.91 Å². The molecule has 110 valence electrons. The number of nitrogens with zero attached hydrogens (tertiary/aromatic N) is 4. The van der Waals surface area contributed by atoms with Gasteiger partial charge in [-0.3, -0.25) is 9.48 Å². The van der Waals surface area contributed by atoms with Crippen molar-refractivity contribution in [2.24, 2.45) is 5.92 Å². The van der Waals surface area contributed by atoms with Gasteiger partial charge in [-0.05, 0) is 38.0 Å². The molecule has 1 aromatic rings. The predicted octanol–water partition coefficient (Wildman–Crippen LogP) is 2.24. The van der Waals surface area contributed by atoms with E-state index in [4.69, 9.17) is 0 Å². The maximum Gasteiger partial charge on any atom is 0.222 e. The Morgan fingerprint density at radius 3 is 2.90 bits per heavy atom. The Hall–Kier alpha value is -1.39. The van der Waals surface area contributed by atoms with Gasteiger partial charge in [-0.15, -0.1) is 0 Å².